The van der Waals surface area contributed by atoms with Gasteiger partial charge < -0.3 is 15.2 Å². The molecule has 0 unspecified atom stereocenters. The van der Waals surface area contributed by atoms with E-state index >= 15 is 0 Å². The molecule has 1 amide bonds. The molecule has 1 aromatic rings. The maximum atomic E-state index is 11.5. The van der Waals surface area contributed by atoms with Crippen LogP contribution in [0.2, 0.25) is 0 Å². The van der Waals surface area contributed by atoms with E-state index in [9.17, 15) is 9.59 Å². The van der Waals surface area contributed by atoms with Crippen LogP contribution in [0.1, 0.15) is 31.2 Å². The highest BCUT2D eigenvalue weighted by Crippen LogP contribution is 2.12. The number of hydrogen-bond acceptors (Lipinski definition) is 3. The smallest absolute Gasteiger partial charge is 0.303 e. The molecule has 20 heavy (non-hydrogen) atoms. The van der Waals surface area contributed by atoms with E-state index in [2.05, 4.69) is 5.32 Å². The van der Waals surface area contributed by atoms with E-state index in [0.29, 0.717) is 32.4 Å². The van der Waals surface area contributed by atoms with Gasteiger partial charge in [0.05, 0.1) is 13.0 Å². The number of nitrogens with one attached hydrogen (secondary N) is 1. The van der Waals surface area contributed by atoms with Crippen molar-refractivity contribution in [3.63, 3.8) is 0 Å². The van der Waals surface area contributed by atoms with Gasteiger partial charge in [-0.05, 0) is 37.5 Å². The van der Waals surface area contributed by atoms with E-state index in [1.54, 1.807) is 0 Å². The van der Waals surface area contributed by atoms with Crippen LogP contribution < -0.4 is 10.1 Å². The SMILES string of the molecule is Cc1cccc(OCCC(=O)NCCCCC(=O)O)c1. The van der Waals surface area contributed by atoms with Gasteiger partial charge in [0, 0.05) is 13.0 Å². The highest BCUT2D eigenvalue weighted by Gasteiger charge is 2.02. The monoisotopic (exact) mass is 279 g/mol. The predicted octanol–water partition coefficient (Wildman–Crippen LogP) is 2.14. The number of rotatable bonds is 9. The summed E-state index contributed by atoms with van der Waals surface area (Å²) in [6.45, 7) is 2.83. The van der Waals surface area contributed by atoms with Gasteiger partial charge in [0.25, 0.3) is 0 Å². The van der Waals surface area contributed by atoms with Crippen LogP contribution >= 0.6 is 0 Å². The van der Waals surface area contributed by atoms with Crippen molar-refractivity contribution in [1.82, 2.24) is 5.32 Å². The fraction of sp³-hybridized carbons (Fsp3) is 0.467. The number of carboxylic acid groups (broad SMARTS) is 1. The van der Waals surface area contributed by atoms with Crippen LogP contribution in [0.15, 0.2) is 24.3 Å². The molecule has 0 saturated heterocycles. The van der Waals surface area contributed by atoms with Crippen LogP contribution in [0.5, 0.6) is 5.75 Å². The van der Waals surface area contributed by atoms with Gasteiger partial charge in [0.2, 0.25) is 5.91 Å². The second-order valence-corrected chi connectivity index (χ2v) is 4.62. The average Bonchev–Trinajstić information content (AvgIpc) is 2.38. The van der Waals surface area contributed by atoms with Crippen molar-refractivity contribution in [2.75, 3.05) is 13.2 Å². The van der Waals surface area contributed by atoms with Crippen LogP contribution in [0.25, 0.3) is 0 Å². The molecule has 110 valence electrons. The summed E-state index contributed by atoms with van der Waals surface area (Å²) in [5.74, 6) is -0.116. The number of carbonyl (C=O) groups excluding carboxylic acids is 1. The van der Waals surface area contributed by atoms with E-state index in [-0.39, 0.29) is 12.3 Å². The Balaban J connectivity index is 2.07. The first-order valence-corrected chi connectivity index (χ1v) is 6.76. The molecule has 0 aromatic heterocycles. The van der Waals surface area contributed by atoms with Gasteiger partial charge in [-0.1, -0.05) is 12.1 Å². The van der Waals surface area contributed by atoms with Crippen LogP contribution in [-0.2, 0) is 9.59 Å². The minimum Gasteiger partial charge on any atom is -0.493 e. The number of amides is 1. The summed E-state index contributed by atoms with van der Waals surface area (Å²) >= 11 is 0. The van der Waals surface area contributed by atoms with Crippen molar-refractivity contribution in [2.24, 2.45) is 0 Å². The van der Waals surface area contributed by atoms with Crippen molar-refractivity contribution in [3.8, 4) is 5.75 Å². The molecule has 0 bridgehead atoms. The Kier molecular flexibility index (Phi) is 7.17. The molecule has 5 nitrogen and oxygen atoms in total. The third-order valence-electron chi connectivity index (χ3n) is 2.73. The first-order valence-electron chi connectivity index (χ1n) is 6.76. The Morgan fingerprint density at radius 3 is 2.75 bits per heavy atom. The third-order valence-corrected chi connectivity index (χ3v) is 2.73. The quantitative estimate of drug-likeness (QED) is 0.679. The van der Waals surface area contributed by atoms with Gasteiger partial charge in [0.1, 0.15) is 5.75 Å². The number of carbonyl (C=O) groups is 2. The zero-order valence-electron chi connectivity index (χ0n) is 11.7. The second-order valence-electron chi connectivity index (χ2n) is 4.62. The van der Waals surface area contributed by atoms with Gasteiger partial charge in [-0.3, -0.25) is 9.59 Å². The molecule has 5 heteroatoms. The first kappa shape index (κ1) is 16.0. The number of unbranched alkanes of at least 4 members (excludes halogenated alkanes) is 1. The minimum atomic E-state index is -0.803. The second kappa shape index (κ2) is 8.96. The Hall–Kier alpha value is -2.04. The number of aryl methyl sites for hydroxylation is 1. The Labute approximate surface area is 118 Å². The molecular weight excluding hydrogens is 258 g/mol. The maximum Gasteiger partial charge on any atom is 0.303 e. The normalized spacial score (nSPS) is 10.1. The summed E-state index contributed by atoms with van der Waals surface area (Å²) in [6.07, 6.45) is 1.70. The van der Waals surface area contributed by atoms with Crippen LogP contribution in [0, 0.1) is 6.92 Å². The molecule has 0 fully saturated rings. The standard InChI is InChI=1S/C15H21NO4/c1-12-5-4-6-13(11-12)20-10-8-14(17)16-9-3-2-7-15(18)19/h4-6,11H,2-3,7-10H2,1H3,(H,16,17)(H,18,19). The summed E-state index contributed by atoms with van der Waals surface area (Å²) in [7, 11) is 0. The molecule has 0 aliphatic carbocycles. The predicted molar refractivity (Wildman–Crippen MR) is 75.8 cm³/mol. The maximum absolute atomic E-state index is 11.5. The van der Waals surface area contributed by atoms with Crippen molar-refractivity contribution in [2.45, 2.75) is 32.6 Å². The van der Waals surface area contributed by atoms with E-state index < -0.39 is 5.97 Å². The highest BCUT2D eigenvalue weighted by molar-refractivity contribution is 5.75. The highest BCUT2D eigenvalue weighted by atomic mass is 16.5. The Morgan fingerprint density at radius 1 is 1.25 bits per heavy atom. The summed E-state index contributed by atoms with van der Waals surface area (Å²) in [5.41, 5.74) is 1.12. The van der Waals surface area contributed by atoms with Crippen molar-refractivity contribution < 1.29 is 19.4 Å². The summed E-state index contributed by atoms with van der Waals surface area (Å²) < 4.78 is 5.48. The number of aliphatic carboxylic acids is 1. The van der Waals surface area contributed by atoms with E-state index in [1.165, 1.54) is 0 Å². The Bertz CT molecular complexity index is 445. The summed E-state index contributed by atoms with van der Waals surface area (Å²) in [6, 6.07) is 7.67. The molecule has 0 aliphatic rings. The van der Waals surface area contributed by atoms with Crippen molar-refractivity contribution >= 4 is 11.9 Å². The van der Waals surface area contributed by atoms with Gasteiger partial charge in [0.15, 0.2) is 0 Å². The van der Waals surface area contributed by atoms with Gasteiger partial charge >= 0.3 is 5.97 Å². The molecule has 1 aromatic carbocycles. The van der Waals surface area contributed by atoms with Crippen molar-refractivity contribution in [1.29, 1.82) is 0 Å². The first-order chi connectivity index (χ1) is 9.58. The van der Waals surface area contributed by atoms with Crippen molar-refractivity contribution in [3.05, 3.63) is 29.8 Å². The molecule has 0 spiro atoms. The van der Waals surface area contributed by atoms with E-state index in [0.717, 1.165) is 11.3 Å². The molecule has 1 rings (SSSR count). The van der Waals surface area contributed by atoms with Crippen LogP contribution in [-0.4, -0.2) is 30.1 Å². The summed E-state index contributed by atoms with van der Waals surface area (Å²) in [5, 5.41) is 11.2. The molecule has 0 heterocycles. The van der Waals surface area contributed by atoms with Gasteiger partial charge in [-0.2, -0.15) is 0 Å². The molecular formula is C15H21NO4. The molecule has 2 N–H and O–H groups in total. The molecule has 0 saturated carbocycles. The fourth-order valence-electron chi connectivity index (χ4n) is 1.68. The van der Waals surface area contributed by atoms with E-state index in [1.807, 2.05) is 31.2 Å². The average molecular weight is 279 g/mol. The number of carboxylic acids is 1. The zero-order valence-corrected chi connectivity index (χ0v) is 11.7. The summed E-state index contributed by atoms with van der Waals surface area (Å²) in [4.78, 5) is 21.8. The number of benzene rings is 1. The molecule has 0 atom stereocenters. The fourth-order valence-corrected chi connectivity index (χ4v) is 1.68. The largest absolute Gasteiger partial charge is 0.493 e. The van der Waals surface area contributed by atoms with E-state index in [4.69, 9.17) is 9.84 Å². The van der Waals surface area contributed by atoms with Gasteiger partial charge in [-0.25, -0.2) is 0 Å². The Morgan fingerprint density at radius 2 is 2.05 bits per heavy atom. The third kappa shape index (κ3) is 7.41. The van der Waals surface area contributed by atoms with Gasteiger partial charge in [-0.15, -0.1) is 0 Å². The molecule has 0 radical (unpaired) electrons. The van der Waals surface area contributed by atoms with Crippen LogP contribution in [0.3, 0.4) is 0 Å². The lowest BCUT2D eigenvalue weighted by Gasteiger charge is -2.07. The lowest BCUT2D eigenvalue weighted by atomic mass is 10.2. The number of ether oxygens (including phenoxy) is 1. The minimum absolute atomic E-state index is 0.0759. The van der Waals surface area contributed by atoms with Crippen LogP contribution in [0.4, 0.5) is 0 Å². The lowest BCUT2D eigenvalue weighted by Crippen LogP contribution is -2.26. The zero-order chi connectivity index (χ0) is 14.8. The lowest BCUT2D eigenvalue weighted by molar-refractivity contribution is -0.137. The topological polar surface area (TPSA) is 75.6 Å². The number of hydrogen-bond donors (Lipinski definition) is 2. The molecule has 0 aliphatic heterocycles.